The van der Waals surface area contributed by atoms with E-state index < -0.39 is 53.8 Å². The van der Waals surface area contributed by atoms with Gasteiger partial charge in [-0.2, -0.15) is 0 Å². The van der Waals surface area contributed by atoms with Crippen LogP contribution < -0.4 is 10.6 Å². The van der Waals surface area contributed by atoms with Crippen molar-refractivity contribution in [2.24, 2.45) is 5.92 Å². The summed E-state index contributed by atoms with van der Waals surface area (Å²) < 4.78 is 33.4. The molecule has 3 amide bonds. The van der Waals surface area contributed by atoms with Crippen LogP contribution in [0.15, 0.2) is 41.9 Å². The Balaban J connectivity index is 1.47. The van der Waals surface area contributed by atoms with Gasteiger partial charge in [0.2, 0.25) is 23.5 Å². The van der Waals surface area contributed by atoms with Crippen molar-refractivity contribution in [3.63, 3.8) is 0 Å². The zero-order chi connectivity index (χ0) is 27.1. The summed E-state index contributed by atoms with van der Waals surface area (Å²) in [5, 5.41) is 7.53. The first-order valence-corrected chi connectivity index (χ1v) is 13.4. The average molecular weight is 549 g/mol. The number of carbonyl (C=O) groups is 4. The summed E-state index contributed by atoms with van der Waals surface area (Å²) in [5.74, 6) is -6.71. The molecule has 2 N–H and O–H groups in total. The molecule has 1 saturated heterocycles. The normalized spacial score (nSPS) is 21.8. The summed E-state index contributed by atoms with van der Waals surface area (Å²) in [6.45, 7) is 0.178. The molecule has 3 atom stereocenters. The van der Waals surface area contributed by atoms with E-state index in [9.17, 15) is 28.0 Å². The maximum atomic E-state index is 14.0. The topological polar surface area (TPSA) is 118 Å². The van der Waals surface area contributed by atoms with Crippen LogP contribution in [-0.4, -0.2) is 71.2 Å². The fourth-order valence-electron chi connectivity index (χ4n) is 4.77. The Morgan fingerprint density at radius 1 is 1.21 bits per heavy atom. The zero-order valence-electron chi connectivity index (χ0n) is 20.7. The minimum atomic E-state index is -2.91. The van der Waals surface area contributed by atoms with Gasteiger partial charge in [0.1, 0.15) is 17.1 Å². The minimum Gasteiger partial charge on any atom is -0.377 e. The summed E-state index contributed by atoms with van der Waals surface area (Å²) in [5.41, 5.74) is 0.719. The SMILES string of the molecule is O=C(NCc1nccs1)C(=O)[C@@H](Cc1ccccc1)NC(=O)[C@H]1COCCN1C(=O)C1CCCC(F)(F)C1. The number of rotatable bonds is 9. The fraction of sp³-hybridized carbons (Fsp3) is 0.500. The van der Waals surface area contributed by atoms with Crippen molar-refractivity contribution >= 4 is 34.8 Å². The number of nitrogens with one attached hydrogen (secondary N) is 2. The van der Waals surface area contributed by atoms with Gasteiger partial charge in [-0.05, 0) is 18.4 Å². The average Bonchev–Trinajstić information content (AvgIpc) is 3.44. The van der Waals surface area contributed by atoms with Gasteiger partial charge in [-0.15, -0.1) is 11.3 Å². The Hall–Kier alpha value is -3.25. The molecule has 1 unspecified atom stereocenters. The quantitative estimate of drug-likeness (QED) is 0.464. The van der Waals surface area contributed by atoms with E-state index in [1.165, 1.54) is 16.2 Å². The molecule has 0 spiro atoms. The number of thiazole rings is 1. The lowest BCUT2D eigenvalue weighted by molar-refractivity contribution is -0.156. The molecular weight excluding hydrogens is 518 g/mol. The second kappa shape index (κ2) is 12.5. The molecule has 0 radical (unpaired) electrons. The van der Waals surface area contributed by atoms with Crippen LogP contribution in [-0.2, 0) is 36.9 Å². The summed E-state index contributed by atoms with van der Waals surface area (Å²) >= 11 is 1.33. The summed E-state index contributed by atoms with van der Waals surface area (Å²) in [6, 6.07) is 6.57. The molecule has 204 valence electrons. The van der Waals surface area contributed by atoms with Crippen LogP contribution >= 0.6 is 11.3 Å². The molecule has 12 heteroatoms. The predicted molar refractivity (Wildman–Crippen MR) is 134 cm³/mol. The second-order valence-corrected chi connectivity index (χ2v) is 10.5. The van der Waals surface area contributed by atoms with Gasteiger partial charge < -0.3 is 20.3 Å². The molecule has 4 rings (SSSR count). The van der Waals surface area contributed by atoms with E-state index in [1.54, 1.807) is 41.9 Å². The van der Waals surface area contributed by atoms with Crippen LogP contribution in [0.4, 0.5) is 8.78 Å². The molecular formula is C26H30F2N4O5S. The maximum Gasteiger partial charge on any atom is 0.289 e. The molecule has 0 bridgehead atoms. The van der Waals surface area contributed by atoms with Crippen molar-refractivity contribution in [3.05, 3.63) is 52.5 Å². The van der Waals surface area contributed by atoms with Gasteiger partial charge in [0.25, 0.3) is 5.91 Å². The Kier molecular flexibility index (Phi) is 9.16. The highest BCUT2D eigenvalue weighted by Gasteiger charge is 2.43. The van der Waals surface area contributed by atoms with E-state index in [0.717, 1.165) is 5.56 Å². The van der Waals surface area contributed by atoms with Gasteiger partial charge in [0.05, 0.1) is 19.8 Å². The number of halogens is 2. The number of ketones is 1. The standard InChI is InChI=1S/C26H30F2N4O5S/c27-26(28)8-4-7-18(14-26)25(36)32-10-11-37-16-20(32)23(34)31-19(13-17-5-2-1-3-6-17)22(33)24(35)30-15-21-29-9-12-38-21/h1-3,5-6,9,12,18-20H,4,7-8,10-11,13-16H2,(H,30,35)(H,31,34)/t18?,19-,20-/m1/s1. The molecule has 9 nitrogen and oxygen atoms in total. The number of alkyl halides is 2. The highest BCUT2D eigenvalue weighted by Crippen LogP contribution is 2.37. The lowest BCUT2D eigenvalue weighted by Gasteiger charge is -2.39. The molecule has 2 heterocycles. The van der Waals surface area contributed by atoms with Gasteiger partial charge in [-0.1, -0.05) is 30.3 Å². The number of benzene rings is 1. The van der Waals surface area contributed by atoms with Crippen molar-refractivity contribution < 1.29 is 32.7 Å². The Morgan fingerprint density at radius 3 is 2.71 bits per heavy atom. The minimum absolute atomic E-state index is 0.0481. The third-order valence-corrected chi connectivity index (χ3v) is 7.51. The fourth-order valence-corrected chi connectivity index (χ4v) is 5.33. The first-order valence-electron chi connectivity index (χ1n) is 12.5. The van der Waals surface area contributed by atoms with Crippen LogP contribution in [0.2, 0.25) is 0 Å². The van der Waals surface area contributed by atoms with Crippen molar-refractivity contribution in [2.75, 3.05) is 19.8 Å². The number of amides is 3. The molecule has 2 aliphatic rings. The number of carbonyl (C=O) groups excluding carboxylic acids is 4. The Bertz CT molecular complexity index is 1130. The molecule has 1 aliphatic carbocycles. The van der Waals surface area contributed by atoms with Crippen molar-refractivity contribution in [2.45, 2.75) is 56.7 Å². The molecule has 1 saturated carbocycles. The number of aromatic nitrogens is 1. The van der Waals surface area contributed by atoms with E-state index in [4.69, 9.17) is 4.74 Å². The highest BCUT2D eigenvalue weighted by molar-refractivity contribution is 7.09. The van der Waals surface area contributed by atoms with E-state index in [-0.39, 0.29) is 45.6 Å². The summed E-state index contributed by atoms with van der Waals surface area (Å²) in [7, 11) is 0. The molecule has 1 aliphatic heterocycles. The number of hydrogen-bond acceptors (Lipinski definition) is 7. The number of hydrogen-bond donors (Lipinski definition) is 2. The second-order valence-electron chi connectivity index (χ2n) is 9.50. The third kappa shape index (κ3) is 7.19. The van der Waals surface area contributed by atoms with Crippen LogP contribution in [0.1, 0.15) is 36.3 Å². The molecule has 2 aromatic rings. The van der Waals surface area contributed by atoms with Crippen LogP contribution in [0.5, 0.6) is 0 Å². The number of ether oxygens (including phenoxy) is 1. The van der Waals surface area contributed by atoms with E-state index in [0.29, 0.717) is 11.4 Å². The van der Waals surface area contributed by atoms with Crippen molar-refractivity contribution in [1.82, 2.24) is 20.5 Å². The monoisotopic (exact) mass is 548 g/mol. The van der Waals surface area contributed by atoms with Crippen molar-refractivity contribution in [3.8, 4) is 0 Å². The van der Waals surface area contributed by atoms with Crippen LogP contribution in [0.25, 0.3) is 0 Å². The number of Topliss-reactive ketones (excluding diaryl/α,β-unsaturated/α-hetero) is 1. The van der Waals surface area contributed by atoms with Gasteiger partial charge in [-0.25, -0.2) is 13.8 Å². The van der Waals surface area contributed by atoms with Crippen molar-refractivity contribution in [1.29, 1.82) is 0 Å². The highest BCUT2D eigenvalue weighted by atomic mass is 32.1. The van der Waals surface area contributed by atoms with Gasteiger partial charge in [-0.3, -0.25) is 19.2 Å². The third-order valence-electron chi connectivity index (χ3n) is 6.73. The summed E-state index contributed by atoms with van der Waals surface area (Å²) in [6.07, 6.45) is 1.39. The molecule has 1 aromatic carbocycles. The predicted octanol–water partition coefficient (Wildman–Crippen LogP) is 2.11. The zero-order valence-corrected chi connectivity index (χ0v) is 21.6. The number of morpholine rings is 1. The Morgan fingerprint density at radius 2 is 2.00 bits per heavy atom. The van der Waals surface area contributed by atoms with E-state index in [2.05, 4.69) is 15.6 Å². The Labute approximate surface area is 222 Å². The van der Waals surface area contributed by atoms with E-state index >= 15 is 0 Å². The maximum absolute atomic E-state index is 14.0. The van der Waals surface area contributed by atoms with Gasteiger partial charge in [0, 0.05) is 43.3 Å². The smallest absolute Gasteiger partial charge is 0.289 e. The van der Waals surface area contributed by atoms with E-state index in [1.807, 2.05) is 0 Å². The summed E-state index contributed by atoms with van der Waals surface area (Å²) in [4.78, 5) is 57.7. The number of nitrogens with zero attached hydrogens (tertiary/aromatic N) is 2. The first-order chi connectivity index (χ1) is 18.2. The van der Waals surface area contributed by atoms with Gasteiger partial charge >= 0.3 is 0 Å². The van der Waals surface area contributed by atoms with Gasteiger partial charge in [0.15, 0.2) is 0 Å². The molecule has 38 heavy (non-hydrogen) atoms. The lowest BCUT2D eigenvalue weighted by atomic mass is 9.85. The van der Waals surface area contributed by atoms with Crippen LogP contribution in [0, 0.1) is 5.92 Å². The largest absolute Gasteiger partial charge is 0.377 e. The molecule has 1 aromatic heterocycles. The first kappa shape index (κ1) is 27.8. The molecule has 2 fully saturated rings. The van der Waals surface area contributed by atoms with Crippen LogP contribution in [0.3, 0.4) is 0 Å². The lowest BCUT2D eigenvalue weighted by Crippen LogP contribution is -2.60.